The van der Waals surface area contributed by atoms with Gasteiger partial charge in [-0.15, -0.1) is 11.3 Å². The number of carbonyl (C=O) groups excluding carboxylic acids is 3. The maximum atomic E-state index is 12.4. The van der Waals surface area contributed by atoms with E-state index in [1.807, 2.05) is 6.07 Å². The van der Waals surface area contributed by atoms with Gasteiger partial charge in [-0.3, -0.25) is 9.59 Å². The monoisotopic (exact) mass is 385 g/mol. The molecule has 0 saturated carbocycles. The van der Waals surface area contributed by atoms with E-state index < -0.39 is 18.0 Å². The lowest BCUT2D eigenvalue weighted by atomic mass is 10.1. The summed E-state index contributed by atoms with van der Waals surface area (Å²) in [5.41, 5.74) is 2.25. The van der Waals surface area contributed by atoms with Crippen LogP contribution in [0.1, 0.15) is 63.6 Å². The van der Waals surface area contributed by atoms with E-state index in [1.54, 1.807) is 31.2 Å². The fraction of sp³-hybridized carbons (Fsp3) is 0.381. The smallest absolute Gasteiger partial charge is 0.349 e. The second-order valence-corrected chi connectivity index (χ2v) is 7.93. The average molecular weight is 385 g/mol. The van der Waals surface area contributed by atoms with E-state index in [1.165, 1.54) is 35.1 Å². The first-order valence-corrected chi connectivity index (χ1v) is 10.00. The minimum Gasteiger partial charge on any atom is -0.448 e. The Balaban J connectivity index is 1.61. The van der Waals surface area contributed by atoms with E-state index in [-0.39, 0.29) is 5.78 Å². The quantitative estimate of drug-likeness (QED) is 0.470. The van der Waals surface area contributed by atoms with Crippen LogP contribution in [0.2, 0.25) is 0 Å². The number of Topliss-reactive ketones (excluding diaryl/α,β-unsaturated/α-hetero) is 1. The predicted octanol–water partition coefficient (Wildman–Crippen LogP) is 4.40. The van der Waals surface area contributed by atoms with Gasteiger partial charge in [0, 0.05) is 16.1 Å². The van der Waals surface area contributed by atoms with Crippen LogP contribution < -0.4 is 5.32 Å². The number of rotatable bonds is 5. The van der Waals surface area contributed by atoms with Gasteiger partial charge in [-0.05, 0) is 63.3 Å². The molecule has 1 N–H and O–H groups in total. The average Bonchev–Trinajstić information content (AvgIpc) is 2.92. The number of carbonyl (C=O) groups is 3. The summed E-state index contributed by atoms with van der Waals surface area (Å²) < 4.78 is 5.35. The molecule has 1 aromatic heterocycles. The summed E-state index contributed by atoms with van der Waals surface area (Å²) in [7, 11) is 0. The molecule has 0 spiro atoms. The summed E-state index contributed by atoms with van der Waals surface area (Å²) in [5, 5.41) is 2.69. The third-order valence-corrected chi connectivity index (χ3v) is 5.85. The third kappa shape index (κ3) is 4.83. The van der Waals surface area contributed by atoms with Gasteiger partial charge in [0.15, 0.2) is 11.9 Å². The number of nitrogens with one attached hydrogen (secondary N) is 1. The molecule has 0 aliphatic heterocycles. The SMILES string of the molecule is CC(=O)c1cccc(NC(=O)[C@@H](C)OC(=O)c2cc3c(s2)CCCCC3)c1. The molecule has 0 fully saturated rings. The number of thiophene rings is 1. The molecule has 0 unspecified atom stereocenters. The number of amides is 1. The lowest BCUT2D eigenvalue weighted by molar-refractivity contribution is -0.123. The fourth-order valence-corrected chi connectivity index (χ4v) is 4.24. The molecule has 27 heavy (non-hydrogen) atoms. The van der Waals surface area contributed by atoms with E-state index in [2.05, 4.69) is 5.32 Å². The molecular weight excluding hydrogens is 362 g/mol. The number of esters is 1. The van der Waals surface area contributed by atoms with Gasteiger partial charge in [-0.1, -0.05) is 18.6 Å². The van der Waals surface area contributed by atoms with Crippen molar-refractivity contribution in [3.8, 4) is 0 Å². The summed E-state index contributed by atoms with van der Waals surface area (Å²) in [6.07, 6.45) is 4.61. The zero-order valence-corrected chi connectivity index (χ0v) is 16.4. The second-order valence-electron chi connectivity index (χ2n) is 6.79. The molecule has 0 radical (unpaired) electrons. The first-order valence-electron chi connectivity index (χ1n) is 9.18. The molecule has 2 aromatic rings. The van der Waals surface area contributed by atoms with Gasteiger partial charge in [0.25, 0.3) is 5.91 Å². The first-order chi connectivity index (χ1) is 12.9. The molecule has 142 valence electrons. The normalized spacial score (nSPS) is 14.6. The van der Waals surface area contributed by atoms with Gasteiger partial charge in [0.05, 0.1) is 0 Å². The van der Waals surface area contributed by atoms with Gasteiger partial charge in [-0.2, -0.15) is 0 Å². The maximum Gasteiger partial charge on any atom is 0.349 e. The van der Waals surface area contributed by atoms with E-state index >= 15 is 0 Å². The molecular formula is C21H23NO4S. The molecule has 1 amide bonds. The summed E-state index contributed by atoms with van der Waals surface area (Å²) in [5.74, 6) is -0.974. The van der Waals surface area contributed by atoms with Crippen molar-refractivity contribution in [1.29, 1.82) is 0 Å². The van der Waals surface area contributed by atoms with Crippen molar-refractivity contribution in [2.75, 3.05) is 5.32 Å². The van der Waals surface area contributed by atoms with E-state index in [0.717, 1.165) is 25.7 Å². The van der Waals surface area contributed by atoms with E-state index in [0.29, 0.717) is 16.1 Å². The van der Waals surface area contributed by atoms with Crippen molar-refractivity contribution in [3.63, 3.8) is 0 Å². The van der Waals surface area contributed by atoms with Crippen molar-refractivity contribution in [2.45, 2.75) is 52.1 Å². The van der Waals surface area contributed by atoms with Crippen LogP contribution in [0.5, 0.6) is 0 Å². The fourth-order valence-electron chi connectivity index (χ4n) is 3.10. The zero-order chi connectivity index (χ0) is 19.4. The van der Waals surface area contributed by atoms with Crippen LogP contribution in [0.25, 0.3) is 0 Å². The van der Waals surface area contributed by atoms with Crippen LogP contribution in [-0.2, 0) is 22.4 Å². The Morgan fingerprint density at radius 1 is 1.11 bits per heavy atom. The van der Waals surface area contributed by atoms with Gasteiger partial charge in [-0.25, -0.2) is 4.79 Å². The molecule has 3 rings (SSSR count). The van der Waals surface area contributed by atoms with Crippen molar-refractivity contribution in [2.24, 2.45) is 0 Å². The highest BCUT2D eigenvalue weighted by molar-refractivity contribution is 7.14. The lowest BCUT2D eigenvalue weighted by Crippen LogP contribution is -2.29. The van der Waals surface area contributed by atoms with Crippen molar-refractivity contribution in [1.82, 2.24) is 0 Å². The molecule has 6 heteroatoms. The standard InChI is InChI=1S/C21H23NO4S/c1-13(23)15-8-6-9-17(11-15)22-20(24)14(2)26-21(25)19-12-16-7-4-3-5-10-18(16)27-19/h6,8-9,11-12,14H,3-5,7,10H2,1-2H3,(H,22,24)/t14-/m1/s1. The van der Waals surface area contributed by atoms with Crippen LogP contribution in [0.3, 0.4) is 0 Å². The Morgan fingerprint density at radius 3 is 2.67 bits per heavy atom. The van der Waals surface area contributed by atoms with Crippen LogP contribution in [0.15, 0.2) is 30.3 Å². The lowest BCUT2D eigenvalue weighted by Gasteiger charge is -2.13. The Bertz CT molecular complexity index is 847. The summed E-state index contributed by atoms with van der Waals surface area (Å²) in [6.45, 7) is 3.01. The van der Waals surface area contributed by atoms with Gasteiger partial charge >= 0.3 is 5.97 Å². The Kier molecular flexibility index (Phi) is 6.06. The number of hydrogen-bond donors (Lipinski definition) is 1. The molecule has 1 aliphatic carbocycles. The van der Waals surface area contributed by atoms with E-state index in [4.69, 9.17) is 4.74 Å². The number of ether oxygens (including phenoxy) is 1. The first kappa shape index (κ1) is 19.3. The maximum absolute atomic E-state index is 12.4. The highest BCUT2D eigenvalue weighted by Gasteiger charge is 2.22. The number of fused-ring (bicyclic) bond motifs is 1. The van der Waals surface area contributed by atoms with Crippen LogP contribution in [0, 0.1) is 0 Å². The molecule has 5 nitrogen and oxygen atoms in total. The summed E-state index contributed by atoms with van der Waals surface area (Å²) in [6, 6.07) is 8.58. The van der Waals surface area contributed by atoms with Crippen LogP contribution in [-0.4, -0.2) is 23.8 Å². The number of aryl methyl sites for hydroxylation is 2. The molecule has 1 atom stereocenters. The Morgan fingerprint density at radius 2 is 1.89 bits per heavy atom. The molecule has 1 aromatic carbocycles. The van der Waals surface area contributed by atoms with Crippen LogP contribution in [0.4, 0.5) is 5.69 Å². The van der Waals surface area contributed by atoms with Crippen LogP contribution >= 0.6 is 11.3 Å². The van der Waals surface area contributed by atoms with E-state index in [9.17, 15) is 14.4 Å². The number of hydrogen-bond acceptors (Lipinski definition) is 5. The highest BCUT2D eigenvalue weighted by Crippen LogP contribution is 2.29. The number of benzene rings is 1. The minimum absolute atomic E-state index is 0.0805. The van der Waals surface area contributed by atoms with Gasteiger partial charge in [0.1, 0.15) is 4.88 Å². The molecule has 1 aliphatic rings. The predicted molar refractivity (Wildman–Crippen MR) is 106 cm³/mol. The molecule has 0 bridgehead atoms. The third-order valence-electron chi connectivity index (χ3n) is 4.64. The highest BCUT2D eigenvalue weighted by atomic mass is 32.1. The topological polar surface area (TPSA) is 72.5 Å². The molecule has 0 saturated heterocycles. The van der Waals surface area contributed by atoms with Crippen molar-refractivity contribution in [3.05, 3.63) is 51.2 Å². The number of anilines is 1. The van der Waals surface area contributed by atoms with Gasteiger partial charge in [0.2, 0.25) is 0 Å². The second kappa shape index (κ2) is 8.48. The Hall–Kier alpha value is -2.47. The largest absolute Gasteiger partial charge is 0.448 e. The van der Waals surface area contributed by atoms with Crippen molar-refractivity contribution >= 4 is 34.7 Å². The summed E-state index contributed by atoms with van der Waals surface area (Å²) in [4.78, 5) is 38.0. The zero-order valence-electron chi connectivity index (χ0n) is 15.5. The molecule has 1 heterocycles. The summed E-state index contributed by atoms with van der Waals surface area (Å²) >= 11 is 1.48. The Labute approximate surface area is 162 Å². The minimum atomic E-state index is -0.930. The number of ketones is 1. The van der Waals surface area contributed by atoms with Gasteiger partial charge < -0.3 is 10.1 Å². The van der Waals surface area contributed by atoms with Crippen molar-refractivity contribution < 1.29 is 19.1 Å².